The van der Waals surface area contributed by atoms with Crippen molar-refractivity contribution in [3.05, 3.63) is 72.7 Å². The first kappa shape index (κ1) is 17.1. The molecule has 0 saturated carbocycles. The van der Waals surface area contributed by atoms with Crippen LogP contribution in [0.2, 0.25) is 0 Å². The van der Waals surface area contributed by atoms with Crippen LogP contribution in [0.1, 0.15) is 17.7 Å². The minimum Gasteiger partial charge on any atom is -0.467 e. The van der Waals surface area contributed by atoms with Gasteiger partial charge in [-0.25, -0.2) is 4.98 Å². The van der Waals surface area contributed by atoms with Crippen LogP contribution in [0.25, 0.3) is 5.69 Å². The van der Waals surface area contributed by atoms with E-state index in [0.29, 0.717) is 19.6 Å². The molecule has 1 saturated heterocycles. The highest BCUT2D eigenvalue weighted by molar-refractivity contribution is 5.89. The highest BCUT2D eigenvalue weighted by Gasteiger charge is 2.34. The molecule has 4 rings (SSSR count). The smallest absolute Gasteiger partial charge is 0.225 e. The van der Waals surface area contributed by atoms with Gasteiger partial charge in [-0.3, -0.25) is 9.59 Å². The summed E-state index contributed by atoms with van der Waals surface area (Å²) in [5.41, 5.74) is 2.02. The predicted molar refractivity (Wildman–Crippen MR) is 97.6 cm³/mol. The monoisotopic (exact) mass is 364 g/mol. The number of rotatable bonds is 6. The maximum atomic E-state index is 12.4. The number of hydrogen-bond donors (Lipinski definition) is 1. The first-order valence-electron chi connectivity index (χ1n) is 8.84. The number of nitrogens with one attached hydrogen (secondary N) is 1. The van der Waals surface area contributed by atoms with Gasteiger partial charge in [0.15, 0.2) is 0 Å². The zero-order valence-electron chi connectivity index (χ0n) is 14.7. The van der Waals surface area contributed by atoms with Crippen LogP contribution in [0.15, 0.2) is 65.8 Å². The second-order valence-corrected chi connectivity index (χ2v) is 6.61. The molecule has 0 bridgehead atoms. The quantitative estimate of drug-likeness (QED) is 0.727. The zero-order chi connectivity index (χ0) is 18.6. The van der Waals surface area contributed by atoms with Crippen molar-refractivity contribution in [3.8, 4) is 5.69 Å². The largest absolute Gasteiger partial charge is 0.467 e. The molecule has 1 fully saturated rings. The lowest BCUT2D eigenvalue weighted by atomic mass is 10.1. The molecule has 1 aromatic carbocycles. The van der Waals surface area contributed by atoms with E-state index in [2.05, 4.69) is 10.3 Å². The molecule has 1 aliphatic heterocycles. The Balaban J connectivity index is 1.30. The Morgan fingerprint density at radius 3 is 2.81 bits per heavy atom. The third-order valence-corrected chi connectivity index (χ3v) is 4.72. The molecule has 138 valence electrons. The lowest BCUT2D eigenvalue weighted by molar-refractivity contribution is -0.129. The Labute approximate surface area is 156 Å². The fraction of sp³-hybridized carbons (Fsp3) is 0.250. The van der Waals surface area contributed by atoms with E-state index in [1.807, 2.05) is 41.1 Å². The predicted octanol–water partition coefficient (Wildman–Crippen LogP) is 2.13. The second kappa shape index (κ2) is 7.49. The lowest BCUT2D eigenvalue weighted by Gasteiger charge is -2.15. The number of imidazole rings is 1. The summed E-state index contributed by atoms with van der Waals surface area (Å²) < 4.78 is 7.20. The number of carbonyl (C=O) groups excluding carboxylic acids is 2. The first-order chi connectivity index (χ1) is 13.2. The van der Waals surface area contributed by atoms with E-state index in [9.17, 15) is 9.59 Å². The average Bonchev–Trinajstić information content (AvgIpc) is 3.44. The van der Waals surface area contributed by atoms with Gasteiger partial charge >= 0.3 is 0 Å². The molecule has 0 radical (unpaired) electrons. The molecular weight excluding hydrogens is 344 g/mol. The molecule has 1 N–H and O–H groups in total. The summed E-state index contributed by atoms with van der Waals surface area (Å²) in [4.78, 5) is 30.3. The third-order valence-electron chi connectivity index (χ3n) is 4.72. The van der Waals surface area contributed by atoms with Crippen LogP contribution in [0.4, 0.5) is 0 Å². The molecule has 2 amide bonds. The Morgan fingerprint density at radius 1 is 1.26 bits per heavy atom. The van der Waals surface area contributed by atoms with E-state index in [1.54, 1.807) is 29.8 Å². The van der Waals surface area contributed by atoms with Gasteiger partial charge in [0.05, 0.1) is 25.1 Å². The van der Waals surface area contributed by atoms with Gasteiger partial charge in [-0.1, -0.05) is 12.1 Å². The molecule has 1 atom stereocenters. The fourth-order valence-corrected chi connectivity index (χ4v) is 3.22. The van der Waals surface area contributed by atoms with Crippen molar-refractivity contribution in [3.63, 3.8) is 0 Å². The Hall–Kier alpha value is -3.35. The van der Waals surface area contributed by atoms with Gasteiger partial charge in [0, 0.05) is 37.6 Å². The van der Waals surface area contributed by atoms with Gasteiger partial charge in [-0.05, 0) is 29.8 Å². The van der Waals surface area contributed by atoms with Gasteiger partial charge in [0.1, 0.15) is 5.76 Å². The number of carbonyl (C=O) groups is 2. The summed E-state index contributed by atoms with van der Waals surface area (Å²) in [6, 6.07) is 11.5. The minimum atomic E-state index is -0.322. The van der Waals surface area contributed by atoms with Gasteiger partial charge in [0.2, 0.25) is 11.8 Å². The Kier molecular flexibility index (Phi) is 4.74. The van der Waals surface area contributed by atoms with Crippen molar-refractivity contribution >= 4 is 11.8 Å². The standard InChI is InChI=1S/C20H20N4O3/c25-19-10-16(12-24(19)13-18-2-1-9-27-18)20(26)22-11-15-3-5-17(6-4-15)23-8-7-21-14-23/h1-9,14,16H,10-13H2,(H,22,26). The van der Waals surface area contributed by atoms with E-state index in [-0.39, 0.29) is 24.2 Å². The Bertz CT molecular complexity index is 901. The summed E-state index contributed by atoms with van der Waals surface area (Å²) >= 11 is 0. The number of hydrogen-bond acceptors (Lipinski definition) is 4. The van der Waals surface area contributed by atoms with E-state index < -0.39 is 0 Å². The molecule has 1 aliphatic rings. The second-order valence-electron chi connectivity index (χ2n) is 6.61. The molecule has 0 spiro atoms. The van der Waals surface area contributed by atoms with Crippen molar-refractivity contribution in [1.82, 2.24) is 19.8 Å². The van der Waals surface area contributed by atoms with Gasteiger partial charge in [-0.2, -0.15) is 0 Å². The average molecular weight is 364 g/mol. The van der Waals surface area contributed by atoms with Crippen LogP contribution in [-0.4, -0.2) is 32.8 Å². The zero-order valence-corrected chi connectivity index (χ0v) is 14.7. The summed E-state index contributed by atoms with van der Waals surface area (Å²) in [6.45, 7) is 1.27. The van der Waals surface area contributed by atoms with Crippen molar-refractivity contribution < 1.29 is 14.0 Å². The van der Waals surface area contributed by atoms with Crippen molar-refractivity contribution in [2.45, 2.75) is 19.5 Å². The molecular formula is C20H20N4O3. The van der Waals surface area contributed by atoms with Crippen LogP contribution in [0.3, 0.4) is 0 Å². The highest BCUT2D eigenvalue weighted by Crippen LogP contribution is 2.20. The molecule has 0 aliphatic carbocycles. The maximum absolute atomic E-state index is 12.4. The van der Waals surface area contributed by atoms with Crippen LogP contribution < -0.4 is 5.32 Å². The SMILES string of the molecule is O=C(NCc1ccc(-n2ccnc2)cc1)C1CC(=O)N(Cc2ccco2)C1. The summed E-state index contributed by atoms with van der Waals surface area (Å²) in [7, 11) is 0. The number of amides is 2. The highest BCUT2D eigenvalue weighted by atomic mass is 16.3. The van der Waals surface area contributed by atoms with Crippen LogP contribution in [-0.2, 0) is 22.7 Å². The first-order valence-corrected chi connectivity index (χ1v) is 8.84. The molecule has 7 nitrogen and oxygen atoms in total. The number of aromatic nitrogens is 2. The summed E-state index contributed by atoms with van der Waals surface area (Å²) in [5, 5.41) is 2.93. The number of benzene rings is 1. The van der Waals surface area contributed by atoms with E-state index in [1.165, 1.54) is 0 Å². The van der Waals surface area contributed by atoms with Gasteiger partial charge in [0.25, 0.3) is 0 Å². The molecule has 2 aromatic heterocycles. The topological polar surface area (TPSA) is 80.4 Å². The van der Waals surface area contributed by atoms with Crippen LogP contribution in [0, 0.1) is 5.92 Å². The van der Waals surface area contributed by atoms with Crippen molar-refractivity contribution in [2.75, 3.05) is 6.54 Å². The maximum Gasteiger partial charge on any atom is 0.225 e. The van der Waals surface area contributed by atoms with Gasteiger partial charge in [-0.15, -0.1) is 0 Å². The number of nitrogens with zero attached hydrogens (tertiary/aromatic N) is 3. The molecule has 7 heteroatoms. The summed E-state index contributed by atoms with van der Waals surface area (Å²) in [6.07, 6.45) is 7.17. The Morgan fingerprint density at radius 2 is 2.11 bits per heavy atom. The van der Waals surface area contributed by atoms with Crippen molar-refractivity contribution in [2.24, 2.45) is 5.92 Å². The molecule has 1 unspecified atom stereocenters. The van der Waals surface area contributed by atoms with E-state index >= 15 is 0 Å². The number of furan rings is 1. The summed E-state index contributed by atoms with van der Waals surface area (Å²) in [5.74, 6) is 0.292. The van der Waals surface area contributed by atoms with Crippen LogP contribution >= 0.6 is 0 Å². The third kappa shape index (κ3) is 3.92. The normalized spacial score (nSPS) is 16.7. The lowest BCUT2D eigenvalue weighted by Crippen LogP contribution is -2.32. The number of likely N-dealkylation sites (tertiary alicyclic amines) is 1. The minimum absolute atomic E-state index is 0.0174. The molecule has 3 heterocycles. The van der Waals surface area contributed by atoms with E-state index in [4.69, 9.17) is 4.42 Å². The van der Waals surface area contributed by atoms with Crippen LogP contribution in [0.5, 0.6) is 0 Å². The van der Waals surface area contributed by atoms with Crippen molar-refractivity contribution in [1.29, 1.82) is 0 Å². The molecule has 3 aromatic rings. The van der Waals surface area contributed by atoms with Gasteiger partial charge < -0.3 is 19.2 Å². The molecule has 27 heavy (non-hydrogen) atoms. The van der Waals surface area contributed by atoms with E-state index in [0.717, 1.165) is 17.0 Å². The fourth-order valence-electron chi connectivity index (χ4n) is 3.22.